The first-order valence-corrected chi connectivity index (χ1v) is 10.6. The van der Waals surface area contributed by atoms with Crippen LogP contribution in [0.15, 0.2) is 42.5 Å². The molecule has 136 valence electrons. The van der Waals surface area contributed by atoms with Crippen LogP contribution in [-0.2, 0) is 0 Å². The minimum absolute atomic E-state index is 0.0380. The van der Waals surface area contributed by atoms with E-state index in [0.717, 1.165) is 34.0 Å². The van der Waals surface area contributed by atoms with Crippen LogP contribution in [0, 0.1) is 6.92 Å². The molecule has 2 aromatic carbocycles. The second-order valence-electron chi connectivity index (χ2n) is 6.68. The van der Waals surface area contributed by atoms with E-state index in [1.54, 1.807) is 11.3 Å². The molecule has 0 spiro atoms. The minimum atomic E-state index is 0.0380. The average molecular weight is 395 g/mol. The van der Waals surface area contributed by atoms with Gasteiger partial charge >= 0.3 is 0 Å². The molecule has 1 aliphatic rings. The Kier molecular flexibility index (Phi) is 4.06. The van der Waals surface area contributed by atoms with Gasteiger partial charge in [0.25, 0.3) is 5.91 Å². The molecule has 1 aliphatic heterocycles. The lowest BCUT2D eigenvalue weighted by atomic mass is 10.2. The van der Waals surface area contributed by atoms with Crippen LogP contribution >= 0.6 is 22.7 Å². The lowest BCUT2D eigenvalue weighted by molar-refractivity contribution is 0.0746. The molecule has 5 rings (SSSR count). The van der Waals surface area contributed by atoms with E-state index in [0.29, 0.717) is 18.1 Å². The molecule has 0 atom stereocenters. The summed E-state index contributed by atoms with van der Waals surface area (Å²) >= 11 is 3.20. The minimum Gasteiger partial charge on any atom is -0.345 e. The van der Waals surface area contributed by atoms with Gasteiger partial charge in [-0.2, -0.15) is 0 Å². The third kappa shape index (κ3) is 2.96. The SMILES string of the molecule is Cc1cccc2sc(N3CCN(C(=O)c4nc5ccccc5s4)CC3)nc12. The molecule has 0 unspecified atom stereocenters. The molecular formula is C20H18N4OS2. The fourth-order valence-corrected chi connectivity index (χ4v) is 5.44. The number of aromatic nitrogens is 2. The first kappa shape index (κ1) is 16.6. The smallest absolute Gasteiger partial charge is 0.282 e. The first-order chi connectivity index (χ1) is 13.2. The van der Waals surface area contributed by atoms with E-state index in [4.69, 9.17) is 4.98 Å². The summed E-state index contributed by atoms with van der Waals surface area (Å²) in [6.07, 6.45) is 0. The number of hydrogen-bond acceptors (Lipinski definition) is 6. The number of carbonyl (C=O) groups is 1. The van der Waals surface area contributed by atoms with Gasteiger partial charge in [0.2, 0.25) is 0 Å². The van der Waals surface area contributed by atoms with Gasteiger partial charge in [-0.05, 0) is 30.7 Å². The lowest BCUT2D eigenvalue weighted by Crippen LogP contribution is -2.48. The molecule has 3 heterocycles. The Morgan fingerprint density at radius 1 is 0.926 bits per heavy atom. The Morgan fingerprint density at radius 2 is 1.70 bits per heavy atom. The number of carbonyl (C=O) groups excluding carboxylic acids is 1. The van der Waals surface area contributed by atoms with Crippen molar-refractivity contribution in [3.05, 3.63) is 53.0 Å². The summed E-state index contributed by atoms with van der Waals surface area (Å²) in [5.74, 6) is 0.0380. The van der Waals surface area contributed by atoms with Gasteiger partial charge in [-0.15, -0.1) is 11.3 Å². The molecule has 2 aromatic heterocycles. The molecule has 27 heavy (non-hydrogen) atoms. The highest BCUT2D eigenvalue weighted by molar-refractivity contribution is 7.22. The number of nitrogens with zero attached hydrogens (tertiary/aromatic N) is 4. The fraction of sp³-hybridized carbons (Fsp3) is 0.250. The van der Waals surface area contributed by atoms with Gasteiger partial charge in [-0.3, -0.25) is 4.79 Å². The van der Waals surface area contributed by atoms with Crippen LogP contribution in [0.1, 0.15) is 15.4 Å². The number of aryl methyl sites for hydroxylation is 1. The maximum absolute atomic E-state index is 12.8. The van der Waals surface area contributed by atoms with Crippen molar-refractivity contribution in [2.24, 2.45) is 0 Å². The Morgan fingerprint density at radius 3 is 2.48 bits per heavy atom. The zero-order chi connectivity index (χ0) is 18.4. The van der Waals surface area contributed by atoms with E-state index >= 15 is 0 Å². The molecule has 0 aliphatic carbocycles. The van der Waals surface area contributed by atoms with E-state index < -0.39 is 0 Å². The van der Waals surface area contributed by atoms with Gasteiger partial charge in [0.05, 0.1) is 20.4 Å². The quantitative estimate of drug-likeness (QED) is 0.512. The van der Waals surface area contributed by atoms with E-state index in [9.17, 15) is 4.79 Å². The summed E-state index contributed by atoms with van der Waals surface area (Å²) in [5.41, 5.74) is 3.19. The molecule has 1 saturated heterocycles. The second-order valence-corrected chi connectivity index (χ2v) is 8.72. The van der Waals surface area contributed by atoms with Crippen molar-refractivity contribution in [3.8, 4) is 0 Å². The Labute approximate surface area is 164 Å². The topological polar surface area (TPSA) is 49.3 Å². The predicted octanol–water partition coefficient (Wildman–Crippen LogP) is 4.18. The summed E-state index contributed by atoms with van der Waals surface area (Å²) in [7, 11) is 0. The van der Waals surface area contributed by atoms with Crippen LogP contribution in [0.2, 0.25) is 0 Å². The third-order valence-corrected chi connectivity index (χ3v) is 7.03. The van der Waals surface area contributed by atoms with Crippen LogP contribution in [0.4, 0.5) is 5.13 Å². The zero-order valence-electron chi connectivity index (χ0n) is 14.9. The van der Waals surface area contributed by atoms with E-state index in [-0.39, 0.29) is 5.91 Å². The molecule has 0 radical (unpaired) electrons. The number of hydrogen-bond donors (Lipinski definition) is 0. The maximum Gasteiger partial charge on any atom is 0.282 e. The Balaban J connectivity index is 1.31. The number of para-hydroxylation sites is 2. The third-order valence-electron chi connectivity index (χ3n) is 4.92. The molecule has 0 saturated carbocycles. The van der Waals surface area contributed by atoms with E-state index in [1.165, 1.54) is 21.6 Å². The van der Waals surface area contributed by atoms with Gasteiger partial charge in [-0.25, -0.2) is 9.97 Å². The number of piperazine rings is 1. The van der Waals surface area contributed by atoms with E-state index in [1.807, 2.05) is 29.2 Å². The Bertz CT molecular complexity index is 1110. The lowest BCUT2D eigenvalue weighted by Gasteiger charge is -2.34. The molecule has 7 heteroatoms. The first-order valence-electron chi connectivity index (χ1n) is 8.95. The summed E-state index contributed by atoms with van der Waals surface area (Å²) in [6.45, 7) is 5.10. The number of amides is 1. The molecule has 5 nitrogen and oxygen atoms in total. The van der Waals surface area contributed by atoms with Gasteiger partial charge in [0.1, 0.15) is 0 Å². The second kappa shape index (κ2) is 6.58. The summed E-state index contributed by atoms with van der Waals surface area (Å²) < 4.78 is 2.28. The highest BCUT2D eigenvalue weighted by atomic mass is 32.1. The fourth-order valence-electron chi connectivity index (χ4n) is 3.41. The van der Waals surface area contributed by atoms with Crippen LogP contribution < -0.4 is 4.90 Å². The van der Waals surface area contributed by atoms with Crippen molar-refractivity contribution in [1.82, 2.24) is 14.9 Å². The molecular weight excluding hydrogens is 376 g/mol. The standard InChI is InChI=1S/C20H18N4OS2/c1-13-5-4-8-16-17(13)22-20(27-16)24-11-9-23(10-12-24)19(25)18-21-14-6-2-3-7-15(14)26-18/h2-8H,9-12H2,1H3. The molecule has 0 bridgehead atoms. The van der Waals surface area contributed by atoms with Crippen molar-refractivity contribution in [3.63, 3.8) is 0 Å². The summed E-state index contributed by atoms with van der Waals surface area (Å²) in [5, 5.41) is 1.63. The molecule has 1 fully saturated rings. The number of fused-ring (bicyclic) bond motifs is 2. The van der Waals surface area contributed by atoms with Gasteiger partial charge in [0, 0.05) is 26.2 Å². The van der Waals surface area contributed by atoms with E-state index in [2.05, 4.69) is 35.0 Å². The predicted molar refractivity (Wildman–Crippen MR) is 112 cm³/mol. The zero-order valence-corrected chi connectivity index (χ0v) is 16.5. The normalized spacial score (nSPS) is 15.0. The monoisotopic (exact) mass is 394 g/mol. The molecule has 1 amide bonds. The number of anilines is 1. The summed E-state index contributed by atoms with van der Waals surface area (Å²) in [6, 6.07) is 14.2. The number of rotatable bonds is 2. The van der Waals surface area contributed by atoms with Gasteiger partial charge in [0.15, 0.2) is 10.1 Å². The number of benzene rings is 2. The van der Waals surface area contributed by atoms with Crippen LogP contribution in [0.3, 0.4) is 0 Å². The van der Waals surface area contributed by atoms with Crippen molar-refractivity contribution in [1.29, 1.82) is 0 Å². The largest absolute Gasteiger partial charge is 0.345 e. The maximum atomic E-state index is 12.8. The van der Waals surface area contributed by atoms with Crippen LogP contribution in [-0.4, -0.2) is 47.0 Å². The van der Waals surface area contributed by atoms with Gasteiger partial charge in [-0.1, -0.05) is 35.6 Å². The highest BCUT2D eigenvalue weighted by Crippen LogP contribution is 2.31. The summed E-state index contributed by atoms with van der Waals surface area (Å²) in [4.78, 5) is 26.4. The van der Waals surface area contributed by atoms with Gasteiger partial charge < -0.3 is 9.80 Å². The van der Waals surface area contributed by atoms with Crippen molar-refractivity contribution < 1.29 is 4.79 Å². The van der Waals surface area contributed by atoms with Crippen LogP contribution in [0.5, 0.6) is 0 Å². The van der Waals surface area contributed by atoms with Crippen LogP contribution in [0.25, 0.3) is 20.4 Å². The van der Waals surface area contributed by atoms with Crippen molar-refractivity contribution >= 4 is 54.1 Å². The molecule has 0 N–H and O–H groups in total. The average Bonchev–Trinajstić information content (AvgIpc) is 3.32. The molecule has 4 aromatic rings. The highest BCUT2D eigenvalue weighted by Gasteiger charge is 2.26. The van der Waals surface area contributed by atoms with Crippen molar-refractivity contribution in [2.75, 3.05) is 31.1 Å². The van der Waals surface area contributed by atoms with Crippen molar-refractivity contribution in [2.45, 2.75) is 6.92 Å². The number of thiazole rings is 2. The Hall–Kier alpha value is -2.51.